The lowest BCUT2D eigenvalue weighted by molar-refractivity contribution is 0.0770. The van der Waals surface area contributed by atoms with Gasteiger partial charge in [-0.25, -0.2) is 9.69 Å². The second-order valence-electron chi connectivity index (χ2n) is 4.51. The van der Waals surface area contributed by atoms with Gasteiger partial charge in [0, 0.05) is 17.2 Å². The molecule has 0 bridgehead atoms. The molecule has 8 nitrogen and oxygen atoms in total. The van der Waals surface area contributed by atoms with E-state index in [2.05, 4.69) is 26.4 Å². The fourth-order valence-corrected chi connectivity index (χ4v) is 3.85. The molecule has 0 saturated carbocycles. The Bertz CT molecular complexity index is 723. The van der Waals surface area contributed by atoms with E-state index < -0.39 is 17.0 Å². The van der Waals surface area contributed by atoms with Crippen LogP contribution in [0.5, 0.6) is 0 Å². The fraction of sp³-hybridized carbons (Fsp3) is 0.333. The van der Waals surface area contributed by atoms with E-state index in [1.807, 2.05) is 19.3 Å². The summed E-state index contributed by atoms with van der Waals surface area (Å²) in [7, 11) is 0. The molecule has 0 fully saturated rings. The molecule has 118 valence electrons. The first-order chi connectivity index (χ1) is 10.4. The molecule has 2 rings (SSSR count). The molecule has 10 heteroatoms. The van der Waals surface area contributed by atoms with Crippen molar-refractivity contribution in [2.24, 2.45) is 4.99 Å². The van der Waals surface area contributed by atoms with Crippen LogP contribution in [-0.4, -0.2) is 27.0 Å². The number of aromatic nitrogens is 2. The monoisotopic (exact) mass is 342 g/mol. The number of carbonyl (C=O) groups excluding carboxylic acids is 1. The molecular formula is C12H14N4O4S2. The van der Waals surface area contributed by atoms with E-state index in [0.29, 0.717) is 10.6 Å². The Morgan fingerprint density at radius 1 is 1.59 bits per heavy atom. The van der Waals surface area contributed by atoms with Gasteiger partial charge in [0.05, 0.1) is 5.69 Å². The van der Waals surface area contributed by atoms with Crippen molar-refractivity contribution in [2.75, 3.05) is 0 Å². The summed E-state index contributed by atoms with van der Waals surface area (Å²) in [6.45, 7) is 8.90. The Kier molecular flexibility index (Phi) is 5.16. The summed E-state index contributed by atoms with van der Waals surface area (Å²) >= 11 is -0.513. The summed E-state index contributed by atoms with van der Waals surface area (Å²) in [5.41, 5.74) is 2.51. The quantitative estimate of drug-likeness (QED) is 0.637. The summed E-state index contributed by atoms with van der Waals surface area (Å²) in [6.07, 6.45) is 0. The molecule has 1 amide bonds. The van der Waals surface area contributed by atoms with E-state index >= 15 is 0 Å². The highest BCUT2D eigenvalue weighted by atomic mass is 32.2. The lowest BCUT2D eigenvalue weighted by Crippen LogP contribution is -2.26. The highest BCUT2D eigenvalue weighted by Gasteiger charge is 2.22. The highest BCUT2D eigenvalue weighted by molar-refractivity contribution is 7.80. The summed E-state index contributed by atoms with van der Waals surface area (Å²) < 4.78 is 21.9. The number of carbonyl (C=O) groups is 1. The van der Waals surface area contributed by atoms with Gasteiger partial charge in [-0.2, -0.15) is 9.27 Å². The molecule has 0 aliphatic rings. The maximum Gasteiger partial charge on any atom is 0.317 e. The van der Waals surface area contributed by atoms with Gasteiger partial charge in [0.1, 0.15) is 4.90 Å². The van der Waals surface area contributed by atoms with Gasteiger partial charge in [-0.05, 0) is 12.6 Å². The SMILES string of the molecule is C=Nc1csc(C(C)C)c1S(=O)ONC(=O)c1noc(C)n1. The van der Waals surface area contributed by atoms with Gasteiger partial charge < -0.3 is 4.52 Å². The summed E-state index contributed by atoms with van der Waals surface area (Å²) in [5, 5.41) is 5.17. The first-order valence-corrected chi connectivity index (χ1v) is 8.17. The molecule has 1 atom stereocenters. The minimum Gasteiger partial charge on any atom is -0.339 e. The minimum absolute atomic E-state index is 0.138. The molecule has 0 aliphatic heterocycles. The van der Waals surface area contributed by atoms with Crippen LogP contribution in [-0.2, 0) is 15.4 Å². The van der Waals surface area contributed by atoms with Crippen molar-refractivity contribution >= 4 is 40.7 Å². The molecule has 1 N–H and O–H groups in total. The zero-order valence-electron chi connectivity index (χ0n) is 12.2. The first kappa shape index (κ1) is 16.5. The van der Waals surface area contributed by atoms with Gasteiger partial charge in [0.25, 0.3) is 5.82 Å². The predicted octanol–water partition coefficient (Wildman–Crippen LogP) is 2.28. The molecule has 1 unspecified atom stereocenters. The van der Waals surface area contributed by atoms with Crippen molar-refractivity contribution in [1.29, 1.82) is 0 Å². The number of nitrogens with one attached hydrogen (secondary N) is 1. The van der Waals surface area contributed by atoms with Crippen molar-refractivity contribution in [1.82, 2.24) is 15.6 Å². The Hall–Kier alpha value is -1.91. The first-order valence-electron chi connectivity index (χ1n) is 6.21. The van der Waals surface area contributed by atoms with Crippen LogP contribution in [0.3, 0.4) is 0 Å². The molecule has 0 spiro atoms. The number of hydroxylamine groups is 1. The largest absolute Gasteiger partial charge is 0.339 e. The lowest BCUT2D eigenvalue weighted by atomic mass is 10.2. The third-order valence-corrected chi connectivity index (χ3v) is 4.95. The van der Waals surface area contributed by atoms with Crippen molar-refractivity contribution < 1.29 is 17.8 Å². The molecular weight excluding hydrogens is 328 g/mol. The van der Waals surface area contributed by atoms with Crippen LogP contribution in [0.1, 0.15) is 41.2 Å². The number of aliphatic imine (C=N–C) groups is 1. The molecule has 2 heterocycles. The number of hydrogen-bond donors (Lipinski definition) is 1. The fourth-order valence-electron chi connectivity index (χ4n) is 1.58. The number of nitrogens with zero attached hydrogens (tertiary/aromatic N) is 3. The number of thiophene rings is 1. The summed E-state index contributed by atoms with van der Waals surface area (Å²) in [4.78, 5) is 20.5. The zero-order valence-corrected chi connectivity index (χ0v) is 13.8. The summed E-state index contributed by atoms with van der Waals surface area (Å²) in [5.74, 6) is -0.575. The predicted molar refractivity (Wildman–Crippen MR) is 81.6 cm³/mol. The molecule has 0 aliphatic carbocycles. The van der Waals surface area contributed by atoms with Gasteiger partial charge >= 0.3 is 5.91 Å². The number of rotatable bonds is 6. The molecule has 2 aromatic heterocycles. The van der Waals surface area contributed by atoms with Crippen molar-refractivity contribution in [3.05, 3.63) is 22.0 Å². The van der Waals surface area contributed by atoms with Gasteiger partial charge in [-0.1, -0.05) is 19.0 Å². The maximum absolute atomic E-state index is 12.3. The zero-order chi connectivity index (χ0) is 16.3. The van der Waals surface area contributed by atoms with E-state index in [4.69, 9.17) is 4.28 Å². The second kappa shape index (κ2) is 6.90. The normalized spacial score (nSPS) is 12.4. The van der Waals surface area contributed by atoms with Gasteiger partial charge in [0.2, 0.25) is 17.0 Å². The average molecular weight is 342 g/mol. The van der Waals surface area contributed by atoms with Crippen LogP contribution in [0, 0.1) is 6.92 Å². The van der Waals surface area contributed by atoms with Crippen LogP contribution in [0.15, 0.2) is 19.8 Å². The van der Waals surface area contributed by atoms with E-state index in [-0.39, 0.29) is 17.6 Å². The van der Waals surface area contributed by atoms with E-state index in [1.54, 1.807) is 12.3 Å². The number of amides is 1. The van der Waals surface area contributed by atoms with Crippen LogP contribution in [0.4, 0.5) is 5.69 Å². The Labute approximate surface area is 133 Å². The van der Waals surface area contributed by atoms with E-state index in [0.717, 1.165) is 4.88 Å². The van der Waals surface area contributed by atoms with E-state index in [1.165, 1.54) is 11.3 Å². The Balaban J connectivity index is 2.11. The third kappa shape index (κ3) is 3.46. The average Bonchev–Trinajstić information content (AvgIpc) is 3.10. The lowest BCUT2D eigenvalue weighted by Gasteiger charge is -2.07. The maximum atomic E-state index is 12.3. The molecule has 0 aromatic carbocycles. The van der Waals surface area contributed by atoms with Crippen LogP contribution in [0.2, 0.25) is 0 Å². The topological polar surface area (TPSA) is 107 Å². The third-order valence-electron chi connectivity index (χ3n) is 2.56. The standard InChI is InChI=1S/C12H14N4O4S2/c1-6(2)9-10(8(13-4)5-21-9)22(18)20-16-12(17)11-14-7(3)19-15-11/h5-6H,4H2,1-3H3,(H,16,17). The van der Waals surface area contributed by atoms with Gasteiger partial charge in [0.15, 0.2) is 0 Å². The highest BCUT2D eigenvalue weighted by Crippen LogP contribution is 2.37. The molecule has 0 saturated heterocycles. The Morgan fingerprint density at radius 2 is 2.32 bits per heavy atom. The van der Waals surface area contributed by atoms with Gasteiger partial charge in [-0.3, -0.25) is 9.79 Å². The van der Waals surface area contributed by atoms with Crippen molar-refractivity contribution in [3.63, 3.8) is 0 Å². The van der Waals surface area contributed by atoms with Crippen molar-refractivity contribution in [3.8, 4) is 0 Å². The van der Waals surface area contributed by atoms with Crippen LogP contribution >= 0.6 is 11.3 Å². The minimum atomic E-state index is -1.92. The van der Waals surface area contributed by atoms with Gasteiger partial charge in [-0.15, -0.1) is 11.3 Å². The number of hydrogen-bond acceptors (Lipinski definition) is 8. The van der Waals surface area contributed by atoms with Crippen molar-refractivity contribution in [2.45, 2.75) is 31.6 Å². The van der Waals surface area contributed by atoms with Crippen LogP contribution < -0.4 is 5.48 Å². The number of aryl methyl sites for hydroxylation is 1. The smallest absolute Gasteiger partial charge is 0.317 e. The second-order valence-corrected chi connectivity index (χ2v) is 6.47. The summed E-state index contributed by atoms with van der Waals surface area (Å²) in [6, 6.07) is 0. The molecule has 0 radical (unpaired) electrons. The van der Waals surface area contributed by atoms with Crippen LogP contribution in [0.25, 0.3) is 0 Å². The Morgan fingerprint density at radius 3 is 2.86 bits per heavy atom. The molecule has 2 aromatic rings. The van der Waals surface area contributed by atoms with E-state index in [9.17, 15) is 9.00 Å². The molecule has 22 heavy (non-hydrogen) atoms.